The van der Waals surface area contributed by atoms with Gasteiger partial charge >= 0.3 is 6.18 Å². The van der Waals surface area contributed by atoms with Gasteiger partial charge in [0.2, 0.25) is 5.91 Å². The maximum absolute atomic E-state index is 14.3. The van der Waals surface area contributed by atoms with Crippen LogP contribution in [-0.2, 0) is 21.8 Å². The van der Waals surface area contributed by atoms with E-state index in [1.165, 1.54) is 35.7 Å². The molecule has 0 spiro atoms. The highest BCUT2D eigenvalue weighted by Crippen LogP contribution is 2.49. The van der Waals surface area contributed by atoms with Gasteiger partial charge in [-0.15, -0.1) is 11.3 Å². The van der Waals surface area contributed by atoms with Crippen molar-refractivity contribution in [2.24, 2.45) is 11.1 Å². The van der Waals surface area contributed by atoms with Crippen molar-refractivity contribution in [1.29, 1.82) is 0 Å². The highest BCUT2D eigenvalue weighted by atomic mass is 35.5. The van der Waals surface area contributed by atoms with E-state index in [0.717, 1.165) is 17.0 Å². The highest BCUT2D eigenvalue weighted by molar-refractivity contribution is 7.15. The summed E-state index contributed by atoms with van der Waals surface area (Å²) in [7, 11) is 0. The summed E-state index contributed by atoms with van der Waals surface area (Å²) < 4.78 is 43.5. The number of alkyl halides is 3. The highest BCUT2D eigenvalue weighted by Gasteiger charge is 2.62. The first kappa shape index (κ1) is 27.9. The van der Waals surface area contributed by atoms with Gasteiger partial charge in [-0.2, -0.15) is 13.2 Å². The number of hydrogen-bond acceptors (Lipinski definition) is 6. The molecular weight excluding hydrogens is 598 g/mol. The molecule has 204 valence electrons. The minimum atomic E-state index is -4.83. The summed E-state index contributed by atoms with van der Waals surface area (Å²) in [5.41, 5.74) is -1.98. The Balaban J connectivity index is 1.42. The van der Waals surface area contributed by atoms with Gasteiger partial charge in [0.1, 0.15) is 9.34 Å². The number of benzene rings is 2. The third-order valence-corrected chi connectivity index (χ3v) is 8.10. The molecule has 0 bridgehead atoms. The second-order valence-electron chi connectivity index (χ2n) is 9.38. The number of rotatable bonds is 6. The molecule has 39 heavy (non-hydrogen) atoms. The number of oxime groups is 1. The maximum atomic E-state index is 14.3. The molecule has 2 aromatic carbocycles. The fourth-order valence-electron chi connectivity index (χ4n) is 4.37. The summed E-state index contributed by atoms with van der Waals surface area (Å²) in [5.74, 6) is -1.03. The number of aromatic nitrogens is 1. The van der Waals surface area contributed by atoms with Gasteiger partial charge in [-0.05, 0) is 61.2 Å². The van der Waals surface area contributed by atoms with Crippen LogP contribution in [0.3, 0.4) is 0 Å². The molecule has 1 saturated carbocycles. The van der Waals surface area contributed by atoms with Gasteiger partial charge in [0.05, 0.1) is 18.5 Å². The second kappa shape index (κ2) is 10.4. The summed E-state index contributed by atoms with van der Waals surface area (Å²) in [4.78, 5) is 36.8. The lowest BCUT2D eigenvalue weighted by molar-refractivity contribution is -0.275. The van der Waals surface area contributed by atoms with Crippen LogP contribution in [0.4, 0.5) is 13.2 Å². The quantitative estimate of drug-likeness (QED) is 0.268. The lowest BCUT2D eigenvalue weighted by Crippen LogP contribution is -2.42. The van der Waals surface area contributed by atoms with E-state index < -0.39 is 24.1 Å². The number of imide groups is 1. The molecule has 5 rings (SSSR count). The Morgan fingerprint density at radius 2 is 1.82 bits per heavy atom. The fourth-order valence-corrected chi connectivity index (χ4v) is 5.84. The summed E-state index contributed by atoms with van der Waals surface area (Å²) in [6, 6.07) is 8.13. The Hall–Kier alpha value is -2.66. The van der Waals surface area contributed by atoms with Gasteiger partial charge in [-0.1, -0.05) is 46.0 Å². The summed E-state index contributed by atoms with van der Waals surface area (Å²) >= 11 is 19.1. The molecule has 2 heterocycles. The molecule has 2 aliphatic rings. The molecule has 1 aliphatic heterocycles. The van der Waals surface area contributed by atoms with Crippen LogP contribution >= 0.6 is 46.1 Å². The average Bonchev–Trinajstić information content (AvgIpc) is 3.46. The normalized spacial score (nSPS) is 19.0. The van der Waals surface area contributed by atoms with E-state index in [4.69, 9.17) is 39.6 Å². The Kier molecular flexibility index (Phi) is 7.43. The van der Waals surface area contributed by atoms with Gasteiger partial charge in [0.15, 0.2) is 0 Å². The van der Waals surface area contributed by atoms with Crippen molar-refractivity contribution in [2.75, 3.05) is 0 Å². The Morgan fingerprint density at radius 1 is 1.13 bits per heavy atom. The molecule has 1 aliphatic carbocycles. The van der Waals surface area contributed by atoms with Crippen LogP contribution in [0.25, 0.3) is 0 Å². The number of halogens is 6. The van der Waals surface area contributed by atoms with Crippen LogP contribution in [0.5, 0.6) is 0 Å². The Bertz CT molecular complexity index is 1490. The lowest BCUT2D eigenvalue weighted by Gasteiger charge is -2.29. The Labute approximate surface area is 240 Å². The smallest absolute Gasteiger partial charge is 0.374 e. The van der Waals surface area contributed by atoms with Crippen molar-refractivity contribution < 1.29 is 27.6 Å². The van der Waals surface area contributed by atoms with Crippen LogP contribution < -0.4 is 0 Å². The Morgan fingerprint density at radius 3 is 2.38 bits per heavy atom. The number of hydrogen-bond donors (Lipinski definition) is 0. The number of nitrogens with zero attached hydrogens (tertiary/aromatic N) is 3. The molecule has 1 atom stereocenters. The molecule has 0 radical (unpaired) electrons. The first-order chi connectivity index (χ1) is 18.4. The van der Waals surface area contributed by atoms with Crippen molar-refractivity contribution >= 4 is 63.7 Å². The van der Waals surface area contributed by atoms with E-state index >= 15 is 0 Å². The lowest BCUT2D eigenvalue weighted by atomic mass is 9.86. The number of carbonyl (C=O) groups is 2. The largest absolute Gasteiger partial charge is 0.435 e. The third kappa shape index (κ3) is 5.52. The van der Waals surface area contributed by atoms with E-state index in [1.54, 1.807) is 13.0 Å². The van der Waals surface area contributed by atoms with Gasteiger partial charge in [-0.3, -0.25) is 14.5 Å². The first-order valence-electron chi connectivity index (χ1n) is 11.7. The topological polar surface area (TPSA) is 71.9 Å². The zero-order valence-corrected chi connectivity index (χ0v) is 23.3. The fraction of sp³-hybridized carbons (Fsp3) is 0.308. The van der Waals surface area contributed by atoms with E-state index in [1.807, 2.05) is 0 Å². The molecule has 3 aromatic rings. The molecule has 2 amide bonds. The molecule has 0 N–H and O–H groups in total. The van der Waals surface area contributed by atoms with E-state index in [0.29, 0.717) is 33.3 Å². The van der Waals surface area contributed by atoms with Crippen molar-refractivity contribution in [3.63, 3.8) is 0 Å². The van der Waals surface area contributed by atoms with Crippen molar-refractivity contribution in [2.45, 2.75) is 44.5 Å². The van der Waals surface area contributed by atoms with Crippen LogP contribution in [0.2, 0.25) is 14.4 Å². The molecule has 1 aromatic heterocycles. The number of aryl methyl sites for hydroxylation is 1. The standard InChI is InChI=1S/C26H19Cl3F3N3O3S/c1-13-6-15(20-10-25(38-34-20,26(30,31)32)16-7-17(27)9-18(28)8-16)4-5-19(13)24(37)35(23(36)14-2-3-14)12-22-33-11-21(29)39-22/h4-9,11,14H,2-3,10,12H2,1H3. The number of carbonyl (C=O) groups excluding carboxylic acids is 2. The summed E-state index contributed by atoms with van der Waals surface area (Å²) in [6.45, 7) is 1.62. The van der Waals surface area contributed by atoms with E-state index in [2.05, 4.69) is 10.1 Å². The SMILES string of the molecule is Cc1cc(C2=NOC(c3cc(Cl)cc(Cl)c3)(C(F)(F)F)C2)ccc1C(=O)N(Cc1ncc(Cl)s1)C(=O)C1CC1. The van der Waals surface area contributed by atoms with E-state index in [9.17, 15) is 22.8 Å². The predicted octanol–water partition coefficient (Wildman–Crippen LogP) is 7.57. The molecule has 0 saturated heterocycles. The van der Waals surface area contributed by atoms with Gasteiger partial charge in [0, 0.05) is 33.5 Å². The average molecular weight is 617 g/mol. The molecule has 1 fully saturated rings. The minimum absolute atomic E-state index is 0.0242. The van der Waals surface area contributed by atoms with Crippen molar-refractivity contribution in [1.82, 2.24) is 9.88 Å². The van der Waals surface area contributed by atoms with Crippen LogP contribution in [-0.4, -0.2) is 33.6 Å². The molecular formula is C26H19Cl3F3N3O3S. The van der Waals surface area contributed by atoms with Crippen molar-refractivity contribution in [3.05, 3.63) is 84.2 Å². The second-order valence-corrected chi connectivity index (χ2v) is 12.0. The zero-order valence-electron chi connectivity index (χ0n) is 20.2. The monoisotopic (exact) mass is 615 g/mol. The molecule has 1 unspecified atom stereocenters. The first-order valence-corrected chi connectivity index (χ1v) is 13.7. The predicted molar refractivity (Wildman–Crippen MR) is 142 cm³/mol. The van der Waals surface area contributed by atoms with Crippen molar-refractivity contribution in [3.8, 4) is 0 Å². The van der Waals surface area contributed by atoms with Gasteiger partial charge in [0.25, 0.3) is 11.5 Å². The third-order valence-electron chi connectivity index (χ3n) is 6.56. The van der Waals surface area contributed by atoms with Gasteiger partial charge in [-0.25, -0.2) is 4.98 Å². The van der Waals surface area contributed by atoms with Gasteiger partial charge < -0.3 is 4.84 Å². The number of amides is 2. The summed E-state index contributed by atoms with van der Waals surface area (Å²) in [6.07, 6.45) is -2.60. The molecule has 13 heteroatoms. The van der Waals surface area contributed by atoms with Crippen LogP contribution in [0.1, 0.15) is 51.3 Å². The van der Waals surface area contributed by atoms with E-state index in [-0.39, 0.29) is 45.3 Å². The minimum Gasteiger partial charge on any atom is -0.374 e. The van der Waals surface area contributed by atoms with Crippen LogP contribution in [0.15, 0.2) is 47.8 Å². The van der Waals surface area contributed by atoms with Crippen LogP contribution in [0, 0.1) is 12.8 Å². The zero-order chi connectivity index (χ0) is 28.1. The number of thiazole rings is 1. The summed E-state index contributed by atoms with van der Waals surface area (Å²) in [5, 5.41) is 4.34. The molecule has 6 nitrogen and oxygen atoms in total. The maximum Gasteiger partial charge on any atom is 0.435 e.